The minimum absolute atomic E-state index is 0.106. The van der Waals surface area contributed by atoms with Crippen molar-refractivity contribution >= 4 is 5.97 Å². The summed E-state index contributed by atoms with van der Waals surface area (Å²) in [5.74, 6) is -0.659. The zero-order chi connectivity index (χ0) is 24.8. The number of para-hydroxylation sites is 1. The number of hydrogen-bond donors (Lipinski definition) is 3. The van der Waals surface area contributed by atoms with Crippen LogP contribution in [-0.2, 0) is 24.2 Å². The van der Waals surface area contributed by atoms with Crippen LogP contribution in [0.15, 0.2) is 60.7 Å². The number of benzene rings is 3. The summed E-state index contributed by atoms with van der Waals surface area (Å²) in [6.45, 7) is 3.10. The maximum Gasteiger partial charge on any atom is 0.307 e. The number of halogens is 1. The van der Waals surface area contributed by atoms with Gasteiger partial charge in [-0.2, -0.15) is 0 Å². The molecule has 0 saturated carbocycles. The Labute approximate surface area is 206 Å². The molecule has 0 spiro atoms. The minimum Gasteiger partial charge on any atom is -0.489 e. The van der Waals surface area contributed by atoms with E-state index >= 15 is 4.39 Å². The van der Waals surface area contributed by atoms with E-state index in [1.165, 1.54) is 12.8 Å². The van der Waals surface area contributed by atoms with Gasteiger partial charge in [-0.3, -0.25) is 4.79 Å². The Kier molecular flexibility index (Phi) is 8.16. The van der Waals surface area contributed by atoms with Crippen molar-refractivity contribution in [3.63, 3.8) is 0 Å². The molecule has 1 fully saturated rings. The fraction of sp³-hybridized carbons (Fsp3) is 0.345. The van der Waals surface area contributed by atoms with Gasteiger partial charge in [-0.1, -0.05) is 48.5 Å². The molecule has 0 aromatic heterocycles. The highest BCUT2D eigenvalue weighted by Gasteiger charge is 2.17. The van der Waals surface area contributed by atoms with Crippen LogP contribution in [0.25, 0.3) is 11.1 Å². The molecule has 1 aliphatic rings. The zero-order valence-corrected chi connectivity index (χ0v) is 20.1. The van der Waals surface area contributed by atoms with Crippen LogP contribution in [0.5, 0.6) is 5.75 Å². The van der Waals surface area contributed by atoms with Crippen LogP contribution in [0.4, 0.5) is 4.39 Å². The first kappa shape index (κ1) is 24.9. The molecule has 1 unspecified atom stereocenters. The molecule has 3 aromatic rings. The molecule has 35 heavy (non-hydrogen) atoms. The number of nitrogens with two attached hydrogens (primary N) is 1. The number of aryl methyl sites for hydroxylation is 1. The van der Waals surface area contributed by atoms with Gasteiger partial charge in [0, 0.05) is 28.8 Å². The summed E-state index contributed by atoms with van der Waals surface area (Å²) >= 11 is 0. The van der Waals surface area contributed by atoms with E-state index in [1.807, 2.05) is 18.2 Å². The number of hydrogen-bond acceptors (Lipinski definition) is 4. The second-order valence-corrected chi connectivity index (χ2v) is 9.33. The van der Waals surface area contributed by atoms with Crippen molar-refractivity contribution in [3.05, 3.63) is 88.7 Å². The normalized spacial score (nSPS) is 16.3. The van der Waals surface area contributed by atoms with Gasteiger partial charge in [0.15, 0.2) is 0 Å². The smallest absolute Gasteiger partial charge is 0.307 e. The number of carboxylic acid groups (broad SMARTS) is 1. The molecular formula is C29H33FN2O3. The first-order valence-electron chi connectivity index (χ1n) is 12.2. The van der Waals surface area contributed by atoms with Gasteiger partial charge in [0.25, 0.3) is 0 Å². The van der Waals surface area contributed by atoms with Crippen LogP contribution >= 0.6 is 0 Å². The molecular weight excluding hydrogens is 443 g/mol. The number of nitrogens with one attached hydrogen (secondary N) is 1. The van der Waals surface area contributed by atoms with Gasteiger partial charge in [0.05, 0.1) is 6.42 Å². The number of aliphatic carboxylic acids is 1. The van der Waals surface area contributed by atoms with Gasteiger partial charge in [-0.25, -0.2) is 4.39 Å². The number of ether oxygens (including phenoxy) is 1. The maximum atomic E-state index is 15.4. The summed E-state index contributed by atoms with van der Waals surface area (Å²) in [4.78, 5) is 11.2. The van der Waals surface area contributed by atoms with Crippen molar-refractivity contribution in [2.75, 3.05) is 6.54 Å². The molecule has 2 atom stereocenters. The van der Waals surface area contributed by atoms with Gasteiger partial charge in [0.2, 0.25) is 0 Å². The summed E-state index contributed by atoms with van der Waals surface area (Å²) in [5, 5.41) is 12.7. The average molecular weight is 477 g/mol. The highest BCUT2D eigenvalue weighted by atomic mass is 19.1. The van der Waals surface area contributed by atoms with Crippen LogP contribution in [0.1, 0.15) is 54.5 Å². The topological polar surface area (TPSA) is 84.6 Å². The van der Waals surface area contributed by atoms with E-state index in [0.717, 1.165) is 36.1 Å². The monoisotopic (exact) mass is 476 g/mol. The van der Waals surface area contributed by atoms with E-state index in [-0.39, 0.29) is 18.8 Å². The lowest BCUT2D eigenvalue weighted by atomic mass is 9.94. The first-order chi connectivity index (χ1) is 16.9. The standard InChI is InChI=1S/C29H33FN2O3/c1-19(31)25-8-4-9-26(29(25)30)23-15-20(11-12-24-7-5-13-32-24)14-21(16-23)18-35-27-10-3-2-6-22(27)17-28(33)34/h2-4,6,8-10,14-16,19,24,32H,5,7,11-13,17-18,31H2,1H3,(H,33,34)/t19-,24?/m1/s1. The summed E-state index contributed by atoms with van der Waals surface area (Å²) in [6.07, 6.45) is 4.18. The van der Waals surface area contributed by atoms with E-state index in [4.69, 9.17) is 10.5 Å². The van der Waals surface area contributed by atoms with E-state index in [1.54, 1.807) is 37.3 Å². The molecule has 3 aromatic carbocycles. The van der Waals surface area contributed by atoms with Crippen LogP contribution in [0, 0.1) is 5.82 Å². The lowest BCUT2D eigenvalue weighted by molar-refractivity contribution is -0.136. The minimum atomic E-state index is -0.907. The van der Waals surface area contributed by atoms with Crippen molar-refractivity contribution in [1.82, 2.24) is 5.32 Å². The van der Waals surface area contributed by atoms with Gasteiger partial charge >= 0.3 is 5.97 Å². The van der Waals surface area contributed by atoms with E-state index in [9.17, 15) is 9.90 Å². The molecule has 0 bridgehead atoms. The van der Waals surface area contributed by atoms with Crippen molar-refractivity contribution < 1.29 is 19.0 Å². The third-order valence-corrected chi connectivity index (χ3v) is 6.54. The third-order valence-electron chi connectivity index (χ3n) is 6.54. The Bertz CT molecular complexity index is 1170. The highest BCUT2D eigenvalue weighted by molar-refractivity contribution is 5.71. The molecule has 0 radical (unpaired) electrons. The maximum absolute atomic E-state index is 15.4. The van der Waals surface area contributed by atoms with E-state index in [0.29, 0.717) is 28.5 Å². The molecule has 6 heteroatoms. The van der Waals surface area contributed by atoms with E-state index in [2.05, 4.69) is 17.4 Å². The highest BCUT2D eigenvalue weighted by Crippen LogP contribution is 2.30. The molecule has 1 heterocycles. The van der Waals surface area contributed by atoms with Crippen LogP contribution in [-0.4, -0.2) is 23.7 Å². The second kappa shape index (κ2) is 11.5. The lowest BCUT2D eigenvalue weighted by Crippen LogP contribution is -2.21. The Balaban J connectivity index is 1.63. The number of carboxylic acids is 1. The number of carbonyl (C=O) groups is 1. The van der Waals surface area contributed by atoms with E-state index < -0.39 is 12.0 Å². The quantitative estimate of drug-likeness (QED) is 0.365. The van der Waals surface area contributed by atoms with Gasteiger partial charge in [-0.15, -0.1) is 0 Å². The first-order valence-corrected chi connectivity index (χ1v) is 12.2. The predicted molar refractivity (Wildman–Crippen MR) is 136 cm³/mol. The Morgan fingerprint density at radius 1 is 1.17 bits per heavy atom. The Morgan fingerprint density at radius 3 is 2.71 bits per heavy atom. The fourth-order valence-electron chi connectivity index (χ4n) is 4.73. The molecule has 5 nitrogen and oxygen atoms in total. The van der Waals surface area contributed by atoms with Gasteiger partial charge in [0.1, 0.15) is 18.2 Å². The fourth-order valence-corrected chi connectivity index (χ4v) is 4.73. The van der Waals surface area contributed by atoms with Gasteiger partial charge in [-0.05, 0) is 68.0 Å². The van der Waals surface area contributed by atoms with Crippen molar-refractivity contribution in [3.8, 4) is 16.9 Å². The lowest BCUT2D eigenvalue weighted by Gasteiger charge is -2.16. The van der Waals surface area contributed by atoms with Crippen LogP contribution < -0.4 is 15.8 Å². The second-order valence-electron chi connectivity index (χ2n) is 9.33. The summed E-state index contributed by atoms with van der Waals surface area (Å²) in [6, 6.07) is 18.7. The third kappa shape index (κ3) is 6.47. The molecule has 4 rings (SSSR count). The van der Waals surface area contributed by atoms with Crippen molar-refractivity contribution in [2.24, 2.45) is 5.73 Å². The molecule has 0 aliphatic carbocycles. The van der Waals surface area contributed by atoms with Gasteiger partial charge < -0.3 is 20.9 Å². The Hall–Kier alpha value is -3.22. The summed E-state index contributed by atoms with van der Waals surface area (Å²) in [7, 11) is 0. The number of rotatable bonds is 10. The predicted octanol–water partition coefficient (Wildman–Crippen LogP) is 5.40. The van der Waals surface area contributed by atoms with Crippen LogP contribution in [0.3, 0.4) is 0 Å². The molecule has 184 valence electrons. The molecule has 4 N–H and O–H groups in total. The summed E-state index contributed by atoms with van der Waals surface area (Å²) < 4.78 is 21.4. The molecule has 1 saturated heterocycles. The Morgan fingerprint density at radius 2 is 1.97 bits per heavy atom. The average Bonchev–Trinajstić information content (AvgIpc) is 3.35. The van der Waals surface area contributed by atoms with Crippen molar-refractivity contribution in [2.45, 2.75) is 57.7 Å². The zero-order valence-electron chi connectivity index (χ0n) is 20.1. The molecule has 0 amide bonds. The van der Waals surface area contributed by atoms with Crippen LogP contribution in [0.2, 0.25) is 0 Å². The SMILES string of the molecule is C[C@@H](N)c1cccc(-c2cc(CCC3CCCN3)cc(COc3ccccc3CC(=O)O)c2)c1F. The largest absolute Gasteiger partial charge is 0.489 e. The molecule has 1 aliphatic heterocycles. The summed E-state index contributed by atoms with van der Waals surface area (Å²) in [5.41, 5.74) is 10.5. The van der Waals surface area contributed by atoms with Crippen molar-refractivity contribution in [1.29, 1.82) is 0 Å².